The van der Waals surface area contributed by atoms with Gasteiger partial charge >= 0.3 is 0 Å². The lowest BCUT2D eigenvalue weighted by Gasteiger charge is -2.29. The molecule has 3 atom stereocenters. The molecule has 4 heteroatoms. The third-order valence-corrected chi connectivity index (χ3v) is 6.06. The molecular weight excluding hydrogens is 348 g/mol. The fourth-order valence-electron chi connectivity index (χ4n) is 4.68. The summed E-state index contributed by atoms with van der Waals surface area (Å²) < 4.78 is 0. The van der Waals surface area contributed by atoms with Crippen molar-refractivity contribution in [1.82, 2.24) is 10.2 Å². The van der Waals surface area contributed by atoms with Crippen LogP contribution in [-0.2, 0) is 4.79 Å². The Morgan fingerprint density at radius 3 is 2.43 bits per heavy atom. The van der Waals surface area contributed by atoms with E-state index in [0.717, 1.165) is 12.0 Å². The molecule has 2 aromatic carbocycles. The normalized spacial score (nSPS) is 22.1. The van der Waals surface area contributed by atoms with Gasteiger partial charge in [-0.2, -0.15) is 0 Å². The molecule has 2 N–H and O–H groups in total. The number of nitrogens with one attached hydrogen (secondary N) is 1. The third-order valence-electron chi connectivity index (χ3n) is 6.06. The Kier molecular flexibility index (Phi) is 5.49. The molecule has 0 aromatic heterocycles. The van der Waals surface area contributed by atoms with Crippen LogP contribution in [0.3, 0.4) is 0 Å². The summed E-state index contributed by atoms with van der Waals surface area (Å²) in [5, 5.41) is 13.2. The Morgan fingerprint density at radius 2 is 1.79 bits per heavy atom. The molecule has 0 radical (unpaired) electrons. The van der Waals surface area contributed by atoms with E-state index in [4.69, 9.17) is 0 Å². The number of amides is 1. The van der Waals surface area contributed by atoms with Crippen molar-refractivity contribution in [2.75, 3.05) is 19.7 Å². The second-order valence-electron chi connectivity index (χ2n) is 7.72. The summed E-state index contributed by atoms with van der Waals surface area (Å²) in [6, 6.07) is 20.8. The van der Waals surface area contributed by atoms with Gasteiger partial charge in [0.05, 0.1) is 12.5 Å². The summed E-state index contributed by atoms with van der Waals surface area (Å²) in [7, 11) is 0. The van der Waals surface area contributed by atoms with Crippen LogP contribution < -0.4 is 5.32 Å². The maximum atomic E-state index is 13.3. The number of hydrogen-bond acceptors (Lipinski definition) is 3. The van der Waals surface area contributed by atoms with Gasteiger partial charge in [-0.25, -0.2) is 0 Å². The first kappa shape index (κ1) is 18.8. The minimum Gasteiger partial charge on any atom is -0.396 e. The number of rotatable bonds is 6. The Morgan fingerprint density at radius 1 is 1.11 bits per heavy atom. The van der Waals surface area contributed by atoms with Gasteiger partial charge in [0, 0.05) is 30.8 Å². The standard InChI is InChI=1S/C24H28N2O2/c1-2-21-23(18-11-7-4-8-12-18)20-15-26(16-22(20)25-21)24(28)19(13-14-27)17-9-5-3-6-10-17/h3-12,19,21,23,25,27H,2,13-16H2,1H3. The molecule has 2 aromatic rings. The maximum Gasteiger partial charge on any atom is 0.230 e. The Bertz CT molecular complexity index is 847. The first-order valence-electron chi connectivity index (χ1n) is 10.2. The van der Waals surface area contributed by atoms with E-state index in [1.165, 1.54) is 16.8 Å². The van der Waals surface area contributed by atoms with Crippen molar-refractivity contribution < 1.29 is 9.90 Å². The highest BCUT2D eigenvalue weighted by molar-refractivity contribution is 5.85. The fraction of sp³-hybridized carbons (Fsp3) is 0.375. The summed E-state index contributed by atoms with van der Waals surface area (Å²) in [6.45, 7) is 3.54. The third kappa shape index (κ3) is 3.45. The van der Waals surface area contributed by atoms with Gasteiger partial charge in [0.2, 0.25) is 5.91 Å². The highest BCUT2D eigenvalue weighted by atomic mass is 16.3. The Balaban J connectivity index is 1.55. The molecule has 0 fully saturated rings. The summed E-state index contributed by atoms with van der Waals surface area (Å²) in [5.74, 6) is 0.145. The second-order valence-corrected chi connectivity index (χ2v) is 7.72. The molecule has 4 rings (SSSR count). The van der Waals surface area contributed by atoms with E-state index in [-0.39, 0.29) is 18.4 Å². The number of nitrogens with zero attached hydrogens (tertiary/aromatic N) is 1. The first-order chi connectivity index (χ1) is 13.7. The van der Waals surface area contributed by atoms with E-state index in [1.807, 2.05) is 41.3 Å². The van der Waals surface area contributed by atoms with Crippen LogP contribution in [0.4, 0.5) is 0 Å². The van der Waals surface area contributed by atoms with Gasteiger partial charge in [0.1, 0.15) is 0 Å². The molecule has 0 saturated carbocycles. The van der Waals surface area contributed by atoms with Crippen molar-refractivity contribution in [2.45, 2.75) is 37.6 Å². The molecule has 0 saturated heterocycles. The topological polar surface area (TPSA) is 52.6 Å². The monoisotopic (exact) mass is 376 g/mol. The van der Waals surface area contributed by atoms with E-state index >= 15 is 0 Å². The number of benzene rings is 2. The van der Waals surface area contributed by atoms with E-state index in [0.29, 0.717) is 31.5 Å². The van der Waals surface area contributed by atoms with Crippen LogP contribution in [0.1, 0.15) is 42.7 Å². The quantitative estimate of drug-likeness (QED) is 0.812. The second kappa shape index (κ2) is 8.19. The van der Waals surface area contributed by atoms with Gasteiger partial charge < -0.3 is 15.3 Å². The van der Waals surface area contributed by atoms with Gasteiger partial charge in [-0.05, 0) is 29.5 Å². The molecule has 1 amide bonds. The lowest BCUT2D eigenvalue weighted by Crippen LogP contribution is -2.39. The molecule has 2 aliphatic heterocycles. The number of hydrogen-bond donors (Lipinski definition) is 2. The van der Waals surface area contributed by atoms with E-state index in [1.54, 1.807) is 0 Å². The van der Waals surface area contributed by atoms with Gasteiger partial charge in [-0.3, -0.25) is 4.79 Å². The van der Waals surface area contributed by atoms with Gasteiger partial charge in [0.25, 0.3) is 0 Å². The minimum atomic E-state index is -0.289. The van der Waals surface area contributed by atoms with Crippen molar-refractivity contribution in [3.63, 3.8) is 0 Å². The zero-order valence-corrected chi connectivity index (χ0v) is 16.3. The molecule has 0 aliphatic carbocycles. The number of carbonyl (C=O) groups excluding carboxylic acids is 1. The van der Waals surface area contributed by atoms with E-state index < -0.39 is 0 Å². The van der Waals surface area contributed by atoms with Crippen LogP contribution in [0.2, 0.25) is 0 Å². The van der Waals surface area contributed by atoms with Crippen LogP contribution in [0.25, 0.3) is 0 Å². The summed E-state index contributed by atoms with van der Waals surface area (Å²) in [4.78, 5) is 15.3. The predicted molar refractivity (Wildman–Crippen MR) is 111 cm³/mol. The molecule has 3 unspecified atom stereocenters. The zero-order chi connectivity index (χ0) is 19.5. The highest BCUT2D eigenvalue weighted by Gasteiger charge is 2.41. The van der Waals surface area contributed by atoms with Crippen LogP contribution in [0.5, 0.6) is 0 Å². The lowest BCUT2D eigenvalue weighted by atomic mass is 9.86. The zero-order valence-electron chi connectivity index (χ0n) is 16.3. The highest BCUT2D eigenvalue weighted by Crippen LogP contribution is 2.40. The first-order valence-corrected chi connectivity index (χ1v) is 10.2. The molecule has 28 heavy (non-hydrogen) atoms. The number of aliphatic hydroxyl groups excluding tert-OH is 1. The predicted octanol–water partition coefficient (Wildman–Crippen LogP) is 3.41. The van der Waals surface area contributed by atoms with Gasteiger partial charge in [-0.15, -0.1) is 0 Å². The minimum absolute atomic E-state index is 0.00901. The molecule has 2 aliphatic rings. The SMILES string of the molecule is CCC1NC2=C(CN(C(=O)C(CCO)c3ccccc3)C2)C1c1ccccc1. The van der Waals surface area contributed by atoms with Crippen molar-refractivity contribution in [1.29, 1.82) is 0 Å². The smallest absolute Gasteiger partial charge is 0.230 e. The van der Waals surface area contributed by atoms with E-state index in [2.05, 4.69) is 36.5 Å². The largest absolute Gasteiger partial charge is 0.396 e. The van der Waals surface area contributed by atoms with Gasteiger partial charge in [-0.1, -0.05) is 67.6 Å². The molecular formula is C24H28N2O2. The molecule has 4 nitrogen and oxygen atoms in total. The van der Waals surface area contributed by atoms with E-state index in [9.17, 15) is 9.90 Å². The molecule has 2 heterocycles. The average Bonchev–Trinajstić information content (AvgIpc) is 3.30. The van der Waals surface area contributed by atoms with Crippen molar-refractivity contribution in [2.24, 2.45) is 0 Å². The van der Waals surface area contributed by atoms with Crippen molar-refractivity contribution in [3.05, 3.63) is 83.1 Å². The van der Waals surface area contributed by atoms with Crippen LogP contribution in [-0.4, -0.2) is 41.7 Å². The average molecular weight is 377 g/mol. The van der Waals surface area contributed by atoms with Crippen LogP contribution in [0.15, 0.2) is 71.9 Å². The summed E-state index contributed by atoms with van der Waals surface area (Å²) in [6.07, 6.45) is 1.51. The van der Waals surface area contributed by atoms with Crippen LogP contribution >= 0.6 is 0 Å². The number of carbonyl (C=O) groups is 1. The Labute approximate surface area is 166 Å². The molecule has 0 bridgehead atoms. The molecule has 0 spiro atoms. The Hall–Kier alpha value is -2.59. The van der Waals surface area contributed by atoms with Gasteiger partial charge in [0.15, 0.2) is 0 Å². The lowest BCUT2D eigenvalue weighted by molar-refractivity contribution is -0.132. The maximum absolute atomic E-state index is 13.3. The van der Waals surface area contributed by atoms with Crippen molar-refractivity contribution >= 4 is 5.91 Å². The fourth-order valence-corrected chi connectivity index (χ4v) is 4.68. The van der Waals surface area contributed by atoms with Crippen LogP contribution in [0, 0.1) is 0 Å². The van der Waals surface area contributed by atoms with Crippen molar-refractivity contribution in [3.8, 4) is 0 Å². The summed E-state index contributed by atoms with van der Waals surface area (Å²) >= 11 is 0. The number of aliphatic hydroxyl groups is 1. The molecule has 146 valence electrons. The summed E-state index contributed by atoms with van der Waals surface area (Å²) in [5.41, 5.74) is 4.86.